The summed E-state index contributed by atoms with van der Waals surface area (Å²) >= 11 is 3.20. The molecule has 2 aromatic rings. The van der Waals surface area contributed by atoms with Crippen LogP contribution >= 0.6 is 15.9 Å². The Morgan fingerprint density at radius 3 is 2.48 bits per heavy atom. The van der Waals surface area contributed by atoms with Crippen LogP contribution in [0.15, 0.2) is 25.6 Å². The van der Waals surface area contributed by atoms with Gasteiger partial charge in [-0.1, -0.05) is 26.7 Å². The molecule has 0 radical (unpaired) electrons. The van der Waals surface area contributed by atoms with E-state index in [-0.39, 0.29) is 24.2 Å². The van der Waals surface area contributed by atoms with Gasteiger partial charge in [-0.05, 0) is 40.9 Å². The lowest BCUT2D eigenvalue weighted by Crippen LogP contribution is -2.46. The number of hydrogen-bond acceptors (Lipinski definition) is 6. The number of rotatable bonds is 7. The van der Waals surface area contributed by atoms with Gasteiger partial charge in [0.25, 0.3) is 11.8 Å². The normalized spacial score (nSPS) is 16.5. The molecule has 0 spiro atoms. The van der Waals surface area contributed by atoms with Crippen molar-refractivity contribution in [3.63, 3.8) is 0 Å². The van der Waals surface area contributed by atoms with Crippen molar-refractivity contribution in [1.82, 2.24) is 20.4 Å². The summed E-state index contributed by atoms with van der Waals surface area (Å²) in [6, 6.07) is 2.97. The monoisotopic (exact) mass is 410 g/mol. The second-order valence-electron chi connectivity index (χ2n) is 6.01. The highest BCUT2D eigenvalue weighted by Gasteiger charge is 2.50. The van der Waals surface area contributed by atoms with Gasteiger partial charge in [0.1, 0.15) is 12.1 Å². The largest absolute Gasteiger partial charge is 0.444 e. The fraction of sp³-hybridized carbons (Fsp3) is 0.500. The van der Waals surface area contributed by atoms with E-state index in [1.54, 1.807) is 12.1 Å². The number of amides is 3. The van der Waals surface area contributed by atoms with Gasteiger partial charge in [-0.25, -0.2) is 4.79 Å². The predicted molar refractivity (Wildman–Crippen MR) is 91.3 cm³/mol. The zero-order valence-corrected chi connectivity index (χ0v) is 15.6. The fourth-order valence-electron chi connectivity index (χ4n) is 3.12. The van der Waals surface area contributed by atoms with Crippen molar-refractivity contribution in [1.29, 1.82) is 0 Å². The van der Waals surface area contributed by atoms with Gasteiger partial charge in [-0.3, -0.25) is 9.69 Å². The number of nitrogens with zero attached hydrogens (tertiary/aromatic N) is 3. The molecule has 1 N–H and O–H groups in total. The molecule has 134 valence electrons. The molecule has 1 saturated heterocycles. The maximum absolute atomic E-state index is 12.8. The maximum atomic E-state index is 12.8. The molecule has 0 aromatic carbocycles. The minimum Gasteiger partial charge on any atom is -0.444 e. The highest BCUT2D eigenvalue weighted by molar-refractivity contribution is 9.10. The predicted octanol–water partition coefficient (Wildman–Crippen LogP) is 3.48. The quantitative estimate of drug-likeness (QED) is 0.700. The summed E-state index contributed by atoms with van der Waals surface area (Å²) in [4.78, 5) is 26.3. The number of hydrogen-bond donors (Lipinski definition) is 1. The average Bonchev–Trinajstić information content (AvgIpc) is 3.25. The Morgan fingerprint density at radius 1 is 1.16 bits per heavy atom. The van der Waals surface area contributed by atoms with E-state index >= 15 is 0 Å². The van der Waals surface area contributed by atoms with Gasteiger partial charge < -0.3 is 14.2 Å². The molecule has 1 aliphatic rings. The first-order chi connectivity index (χ1) is 12.0. The van der Waals surface area contributed by atoms with E-state index in [0.717, 1.165) is 17.7 Å². The third kappa shape index (κ3) is 3.33. The van der Waals surface area contributed by atoms with Crippen LogP contribution in [0.1, 0.15) is 45.4 Å². The Hall–Kier alpha value is -2.16. The van der Waals surface area contributed by atoms with E-state index in [9.17, 15) is 9.59 Å². The number of aromatic nitrogens is 2. The van der Waals surface area contributed by atoms with Gasteiger partial charge in [-0.15, -0.1) is 10.2 Å². The summed E-state index contributed by atoms with van der Waals surface area (Å²) in [5.74, 6) is 0.548. The number of nitrogens with one attached hydrogen (secondary N) is 1. The van der Waals surface area contributed by atoms with Crippen LogP contribution < -0.4 is 5.32 Å². The molecule has 3 amide bonds. The Bertz CT molecular complexity index is 779. The summed E-state index contributed by atoms with van der Waals surface area (Å²) in [6.45, 7) is 3.92. The standard InChI is InChI=1S/C16H19BrN4O4/c1-3-7-16(8-4-2)14(22)21(15(23)18-16)9-12-19-20-13(25-12)10-5-6-11(17)24-10/h5-6H,3-4,7-9H2,1-2H3,(H,18,23). The van der Waals surface area contributed by atoms with Crippen LogP contribution in [-0.4, -0.2) is 32.6 Å². The molecular weight excluding hydrogens is 392 g/mol. The molecule has 8 nitrogen and oxygen atoms in total. The second kappa shape index (κ2) is 6.99. The van der Waals surface area contributed by atoms with E-state index in [4.69, 9.17) is 8.83 Å². The third-order valence-corrected chi connectivity index (χ3v) is 4.57. The van der Waals surface area contributed by atoms with Crippen molar-refractivity contribution in [3.05, 3.63) is 22.7 Å². The van der Waals surface area contributed by atoms with E-state index in [2.05, 4.69) is 31.4 Å². The number of imide groups is 1. The van der Waals surface area contributed by atoms with Gasteiger partial charge >= 0.3 is 6.03 Å². The second-order valence-corrected chi connectivity index (χ2v) is 6.79. The van der Waals surface area contributed by atoms with Crippen molar-refractivity contribution < 1.29 is 18.4 Å². The minimum absolute atomic E-state index is 0.0608. The summed E-state index contributed by atoms with van der Waals surface area (Å²) in [5.41, 5.74) is -0.824. The van der Waals surface area contributed by atoms with Gasteiger partial charge in [0, 0.05) is 0 Å². The van der Waals surface area contributed by atoms with Crippen molar-refractivity contribution in [2.75, 3.05) is 0 Å². The van der Waals surface area contributed by atoms with Gasteiger partial charge in [0.15, 0.2) is 10.4 Å². The summed E-state index contributed by atoms with van der Waals surface area (Å²) in [5, 5.41) is 10.7. The Morgan fingerprint density at radius 2 is 1.88 bits per heavy atom. The molecule has 0 aliphatic carbocycles. The first kappa shape index (κ1) is 17.7. The molecule has 2 aromatic heterocycles. The van der Waals surface area contributed by atoms with Crippen molar-refractivity contribution in [2.24, 2.45) is 0 Å². The zero-order valence-electron chi connectivity index (χ0n) is 14.0. The van der Waals surface area contributed by atoms with Gasteiger partial charge in [-0.2, -0.15) is 0 Å². The zero-order chi connectivity index (χ0) is 18.0. The molecule has 9 heteroatoms. The summed E-state index contributed by atoms with van der Waals surface area (Å²) in [6.07, 6.45) is 2.82. The minimum atomic E-state index is -0.824. The van der Waals surface area contributed by atoms with Crippen molar-refractivity contribution in [2.45, 2.75) is 51.6 Å². The smallest absolute Gasteiger partial charge is 0.325 e. The van der Waals surface area contributed by atoms with Crippen LogP contribution in [0.25, 0.3) is 11.7 Å². The number of furan rings is 1. The van der Waals surface area contributed by atoms with Crippen LogP contribution in [0.5, 0.6) is 0 Å². The Balaban J connectivity index is 1.77. The molecule has 1 fully saturated rings. The Kier molecular flexibility index (Phi) is 4.94. The molecular formula is C16H19BrN4O4. The number of urea groups is 1. The highest BCUT2D eigenvalue weighted by Crippen LogP contribution is 2.29. The highest BCUT2D eigenvalue weighted by atomic mass is 79.9. The number of halogens is 1. The molecule has 0 unspecified atom stereocenters. The maximum Gasteiger partial charge on any atom is 0.325 e. The van der Waals surface area contributed by atoms with Crippen LogP contribution in [-0.2, 0) is 11.3 Å². The van der Waals surface area contributed by atoms with Gasteiger partial charge in [0.05, 0.1) is 0 Å². The van der Waals surface area contributed by atoms with E-state index in [0.29, 0.717) is 23.3 Å². The van der Waals surface area contributed by atoms with Gasteiger partial charge in [0.2, 0.25) is 5.89 Å². The topological polar surface area (TPSA) is 101 Å². The van der Waals surface area contributed by atoms with Crippen molar-refractivity contribution in [3.8, 4) is 11.7 Å². The van der Waals surface area contributed by atoms with Crippen LogP contribution in [0.3, 0.4) is 0 Å². The molecule has 0 atom stereocenters. The van der Waals surface area contributed by atoms with Crippen LogP contribution in [0, 0.1) is 0 Å². The SMILES string of the molecule is CCCC1(CCC)NC(=O)N(Cc2nnc(-c3ccc(Br)o3)o2)C1=O. The summed E-state index contributed by atoms with van der Waals surface area (Å²) in [7, 11) is 0. The van der Waals surface area contributed by atoms with E-state index in [1.165, 1.54) is 0 Å². The van der Waals surface area contributed by atoms with E-state index in [1.807, 2.05) is 13.8 Å². The fourth-order valence-corrected chi connectivity index (χ4v) is 3.43. The van der Waals surface area contributed by atoms with E-state index < -0.39 is 11.6 Å². The third-order valence-electron chi connectivity index (χ3n) is 4.14. The molecule has 0 bridgehead atoms. The molecule has 3 heterocycles. The molecule has 3 rings (SSSR count). The van der Waals surface area contributed by atoms with Crippen LogP contribution in [0.4, 0.5) is 4.79 Å². The Labute approximate surface area is 153 Å². The van der Waals surface area contributed by atoms with Crippen LogP contribution in [0.2, 0.25) is 0 Å². The first-order valence-electron chi connectivity index (χ1n) is 8.21. The lowest BCUT2D eigenvalue weighted by molar-refractivity contribution is -0.132. The molecule has 1 aliphatic heterocycles. The summed E-state index contributed by atoms with van der Waals surface area (Å²) < 4.78 is 11.4. The first-order valence-corrected chi connectivity index (χ1v) is 9.00. The number of carbonyl (C=O) groups is 2. The average molecular weight is 411 g/mol. The number of carbonyl (C=O) groups excluding carboxylic acids is 2. The molecule has 25 heavy (non-hydrogen) atoms. The molecule has 0 saturated carbocycles. The van der Waals surface area contributed by atoms with Crippen molar-refractivity contribution >= 4 is 27.9 Å². The lowest BCUT2D eigenvalue weighted by Gasteiger charge is -2.25. The lowest BCUT2D eigenvalue weighted by atomic mass is 9.88.